The minimum atomic E-state index is -0.876. The van der Waals surface area contributed by atoms with Gasteiger partial charge in [-0.15, -0.1) is 0 Å². The van der Waals surface area contributed by atoms with Crippen molar-refractivity contribution < 1.29 is 28.4 Å². The Labute approximate surface area is 236 Å². The highest BCUT2D eigenvalue weighted by atomic mass is 16.7. The quantitative estimate of drug-likeness (QED) is 0.242. The highest BCUT2D eigenvalue weighted by Gasteiger charge is 2.42. The third-order valence-electron chi connectivity index (χ3n) is 6.72. The van der Waals surface area contributed by atoms with Crippen LogP contribution in [0.4, 0.5) is 11.4 Å². The van der Waals surface area contributed by atoms with Crippen LogP contribution in [0.15, 0.2) is 92.1 Å². The van der Waals surface area contributed by atoms with E-state index in [4.69, 9.17) is 14.0 Å². The molecule has 2 aliphatic rings. The molecule has 2 N–H and O–H groups in total. The lowest BCUT2D eigenvalue weighted by molar-refractivity contribution is -0.114. The number of rotatable bonds is 8. The Morgan fingerprint density at radius 1 is 1.00 bits per heavy atom. The third-order valence-corrected chi connectivity index (χ3v) is 6.72. The van der Waals surface area contributed by atoms with Gasteiger partial charge in [0.15, 0.2) is 5.36 Å². The molecular formula is C30H22N4O8. The number of fused-ring (bicyclic) bond motifs is 2. The van der Waals surface area contributed by atoms with E-state index in [9.17, 15) is 24.0 Å². The second-order valence-corrected chi connectivity index (χ2v) is 9.58. The van der Waals surface area contributed by atoms with Gasteiger partial charge in [-0.25, -0.2) is 0 Å². The SMILES string of the molecule is CC(=O)Nc1ccc(NN=c2c(=O)c3ccc(OCC4C=CC=CC4)cc3c2=O)c2c1C(=O)N(Oc1ccco1)C2=O. The molecule has 0 radical (unpaired) electrons. The molecule has 3 amide bonds. The van der Waals surface area contributed by atoms with Gasteiger partial charge >= 0.3 is 5.95 Å². The van der Waals surface area contributed by atoms with Crippen LogP contribution in [0, 0.1) is 5.92 Å². The van der Waals surface area contributed by atoms with E-state index in [0.29, 0.717) is 17.4 Å². The fourth-order valence-corrected chi connectivity index (χ4v) is 4.75. The number of anilines is 2. The Morgan fingerprint density at radius 2 is 1.76 bits per heavy atom. The molecule has 0 saturated carbocycles. The fraction of sp³-hybridized carbons (Fsp3) is 0.133. The Bertz CT molecular complexity index is 1970. The molecule has 12 heteroatoms. The summed E-state index contributed by atoms with van der Waals surface area (Å²) in [7, 11) is 0. The lowest BCUT2D eigenvalue weighted by atomic mass is 10.0. The fourth-order valence-electron chi connectivity index (χ4n) is 4.75. The maximum absolute atomic E-state index is 13.3. The van der Waals surface area contributed by atoms with Gasteiger partial charge in [0, 0.05) is 29.7 Å². The van der Waals surface area contributed by atoms with Crippen LogP contribution in [0.2, 0.25) is 0 Å². The topological polar surface area (TPSA) is 157 Å². The predicted octanol–water partition coefficient (Wildman–Crippen LogP) is 3.02. The van der Waals surface area contributed by atoms with E-state index in [0.717, 1.165) is 6.42 Å². The minimum absolute atomic E-state index is 0.00524. The van der Waals surface area contributed by atoms with E-state index in [1.807, 2.05) is 24.3 Å². The van der Waals surface area contributed by atoms with Crippen molar-refractivity contribution in [2.45, 2.75) is 13.3 Å². The number of imide groups is 1. The van der Waals surface area contributed by atoms with E-state index in [2.05, 4.69) is 15.8 Å². The lowest BCUT2D eigenvalue weighted by Gasteiger charge is -2.14. The molecular weight excluding hydrogens is 544 g/mol. The van der Waals surface area contributed by atoms with Crippen LogP contribution >= 0.6 is 0 Å². The average Bonchev–Trinajstić information content (AvgIpc) is 3.66. The molecule has 1 unspecified atom stereocenters. The van der Waals surface area contributed by atoms with E-state index in [1.54, 1.807) is 6.07 Å². The number of hydroxylamine groups is 2. The Kier molecular flexibility index (Phi) is 6.71. The number of nitrogens with one attached hydrogen (secondary N) is 2. The maximum atomic E-state index is 13.3. The van der Waals surface area contributed by atoms with Crippen LogP contribution in [0.3, 0.4) is 0 Å². The van der Waals surface area contributed by atoms with Crippen molar-refractivity contribution in [3.63, 3.8) is 0 Å². The molecule has 210 valence electrons. The number of hydrogen-bond acceptors (Lipinski definition) is 10. The Balaban J connectivity index is 1.33. The van der Waals surface area contributed by atoms with Crippen molar-refractivity contribution in [1.82, 2.24) is 5.06 Å². The standard InChI is InChI=1S/C30H22N4O8/c1-16(35)31-21-11-12-22(25-24(21)29(38)34(30(25)39)42-23-8-5-13-40-23)32-33-26-27(36)19-10-9-18(14-20(19)28(26)37)41-15-17-6-3-2-4-7-17/h2-6,8-14,17,32H,7,15H2,1H3,(H,31,35). The maximum Gasteiger partial charge on any atom is 0.312 e. The molecule has 1 atom stereocenters. The monoisotopic (exact) mass is 566 g/mol. The molecule has 4 aromatic rings. The summed E-state index contributed by atoms with van der Waals surface area (Å²) >= 11 is 0. The van der Waals surface area contributed by atoms with Gasteiger partial charge < -0.3 is 19.3 Å². The number of ether oxygens (including phenoxy) is 1. The predicted molar refractivity (Wildman–Crippen MR) is 151 cm³/mol. The molecule has 2 heterocycles. The highest BCUT2D eigenvalue weighted by Crippen LogP contribution is 2.35. The summed E-state index contributed by atoms with van der Waals surface area (Å²) in [5.41, 5.74) is 1.08. The third kappa shape index (κ3) is 4.74. The molecule has 0 fully saturated rings. The molecule has 0 spiro atoms. The molecule has 42 heavy (non-hydrogen) atoms. The van der Waals surface area contributed by atoms with Crippen LogP contribution in [0.1, 0.15) is 34.1 Å². The van der Waals surface area contributed by atoms with E-state index in [1.165, 1.54) is 49.6 Å². The Hall–Kier alpha value is -5.78. The molecule has 6 rings (SSSR count). The minimum Gasteiger partial charge on any atom is -0.493 e. The van der Waals surface area contributed by atoms with Gasteiger partial charge in [0.05, 0.1) is 35.4 Å². The van der Waals surface area contributed by atoms with Crippen LogP contribution in [-0.4, -0.2) is 29.4 Å². The zero-order chi connectivity index (χ0) is 29.4. The number of nitrogens with zero attached hydrogens (tertiary/aromatic N) is 2. The first-order valence-corrected chi connectivity index (χ1v) is 12.9. The molecule has 0 bridgehead atoms. The molecule has 3 aromatic carbocycles. The van der Waals surface area contributed by atoms with Crippen LogP contribution < -0.4 is 36.5 Å². The van der Waals surface area contributed by atoms with Gasteiger partial charge in [-0.05, 0) is 42.8 Å². The summed E-state index contributed by atoms with van der Waals surface area (Å²) in [6.45, 7) is 1.66. The van der Waals surface area contributed by atoms with Crippen LogP contribution in [-0.2, 0) is 4.79 Å². The normalized spacial score (nSPS) is 16.3. The molecule has 1 aliphatic carbocycles. The second-order valence-electron chi connectivity index (χ2n) is 9.58. The number of allylic oxidation sites excluding steroid dienone is 3. The summed E-state index contributed by atoms with van der Waals surface area (Å²) in [4.78, 5) is 69.8. The molecule has 12 nitrogen and oxygen atoms in total. The molecule has 0 saturated heterocycles. The smallest absolute Gasteiger partial charge is 0.312 e. The zero-order valence-electron chi connectivity index (χ0n) is 22.1. The average molecular weight is 567 g/mol. The van der Waals surface area contributed by atoms with Crippen molar-refractivity contribution in [1.29, 1.82) is 0 Å². The number of hydrogen-bond donors (Lipinski definition) is 2. The second kappa shape index (κ2) is 10.7. The summed E-state index contributed by atoms with van der Waals surface area (Å²) < 4.78 is 10.9. The van der Waals surface area contributed by atoms with Crippen molar-refractivity contribution >= 4 is 39.9 Å². The van der Waals surface area contributed by atoms with Crippen molar-refractivity contribution in [2.75, 3.05) is 17.3 Å². The van der Waals surface area contributed by atoms with Crippen molar-refractivity contribution in [2.24, 2.45) is 11.0 Å². The van der Waals surface area contributed by atoms with E-state index >= 15 is 0 Å². The number of furan rings is 1. The summed E-state index contributed by atoms with van der Waals surface area (Å²) in [6.07, 6.45) is 10.2. The van der Waals surface area contributed by atoms with Gasteiger partial charge in [0.25, 0.3) is 11.8 Å². The van der Waals surface area contributed by atoms with Gasteiger partial charge in [-0.1, -0.05) is 29.4 Å². The number of carbonyl (C=O) groups excluding carboxylic acids is 3. The largest absolute Gasteiger partial charge is 0.493 e. The van der Waals surface area contributed by atoms with Crippen LogP contribution in [0.25, 0.3) is 10.8 Å². The first-order valence-electron chi connectivity index (χ1n) is 12.9. The molecule has 1 aliphatic heterocycles. The first-order chi connectivity index (χ1) is 20.3. The Morgan fingerprint density at radius 3 is 2.48 bits per heavy atom. The summed E-state index contributed by atoms with van der Waals surface area (Å²) in [5.74, 6) is -1.68. The number of carbonyl (C=O) groups is 3. The lowest BCUT2D eigenvalue weighted by Crippen LogP contribution is -2.33. The first kappa shape index (κ1) is 26.4. The molecule has 1 aromatic heterocycles. The van der Waals surface area contributed by atoms with Gasteiger partial charge in [0.1, 0.15) is 5.75 Å². The van der Waals surface area contributed by atoms with E-state index < -0.39 is 33.9 Å². The van der Waals surface area contributed by atoms with E-state index in [-0.39, 0.29) is 45.1 Å². The zero-order valence-corrected chi connectivity index (χ0v) is 22.1. The van der Waals surface area contributed by atoms with Crippen LogP contribution in [0.5, 0.6) is 11.7 Å². The van der Waals surface area contributed by atoms with Gasteiger partial charge in [-0.3, -0.25) is 29.4 Å². The highest BCUT2D eigenvalue weighted by molar-refractivity contribution is 6.26. The summed E-state index contributed by atoms with van der Waals surface area (Å²) in [5, 5.41) is 6.94. The van der Waals surface area contributed by atoms with Crippen molar-refractivity contribution in [3.05, 3.63) is 110 Å². The summed E-state index contributed by atoms with van der Waals surface area (Å²) in [6, 6.07) is 10.3. The van der Waals surface area contributed by atoms with Crippen molar-refractivity contribution in [3.8, 4) is 11.7 Å². The number of amides is 3. The number of benzene rings is 2. The van der Waals surface area contributed by atoms with Gasteiger partial charge in [-0.2, -0.15) is 5.10 Å². The van der Waals surface area contributed by atoms with Gasteiger partial charge in [0.2, 0.25) is 16.8 Å².